The summed E-state index contributed by atoms with van der Waals surface area (Å²) in [6.45, 7) is 2.27. The molecule has 0 unspecified atom stereocenters. The number of rotatable bonds is 6. The molecule has 0 saturated heterocycles. The van der Waals surface area contributed by atoms with E-state index in [1.807, 2.05) is 6.92 Å². The minimum absolute atomic E-state index is 0.121. The number of amides is 1. The van der Waals surface area contributed by atoms with Crippen molar-refractivity contribution in [1.82, 2.24) is 0 Å². The maximum atomic E-state index is 11.5. The highest BCUT2D eigenvalue weighted by atomic mass is 35.5. The number of primary sulfonamides is 1. The average Bonchev–Trinajstić information content (AvgIpc) is 2.31. The van der Waals surface area contributed by atoms with Crippen molar-refractivity contribution in [3.63, 3.8) is 0 Å². The van der Waals surface area contributed by atoms with Gasteiger partial charge in [-0.05, 0) is 24.6 Å². The fraction of sp³-hybridized carbons (Fsp3) is 0.364. The van der Waals surface area contributed by atoms with Crippen molar-refractivity contribution in [2.45, 2.75) is 18.2 Å². The quantitative estimate of drug-likeness (QED) is 0.775. The Morgan fingerprint density at radius 1 is 1.47 bits per heavy atom. The van der Waals surface area contributed by atoms with Gasteiger partial charge in [0.2, 0.25) is 15.9 Å². The molecule has 0 atom stereocenters. The Labute approximate surface area is 116 Å². The van der Waals surface area contributed by atoms with Crippen LogP contribution in [0.5, 0.6) is 0 Å². The smallest absolute Gasteiger partial charge is 0.250 e. The molecule has 1 aromatic carbocycles. The molecule has 1 rings (SSSR count). The van der Waals surface area contributed by atoms with Crippen molar-refractivity contribution in [3.8, 4) is 0 Å². The summed E-state index contributed by atoms with van der Waals surface area (Å²) in [4.78, 5) is 11.4. The maximum absolute atomic E-state index is 11.5. The number of anilines is 1. The highest BCUT2D eigenvalue weighted by Crippen LogP contribution is 2.24. The predicted molar refractivity (Wildman–Crippen MR) is 72.6 cm³/mol. The lowest BCUT2D eigenvalue weighted by molar-refractivity contribution is -0.120. The lowest BCUT2D eigenvalue weighted by Crippen LogP contribution is -2.19. The molecule has 0 bridgehead atoms. The van der Waals surface area contributed by atoms with E-state index in [0.717, 1.165) is 6.42 Å². The van der Waals surface area contributed by atoms with E-state index in [1.165, 1.54) is 18.2 Å². The Morgan fingerprint density at radius 3 is 2.74 bits per heavy atom. The molecule has 0 radical (unpaired) electrons. The summed E-state index contributed by atoms with van der Waals surface area (Å²) < 4.78 is 27.4. The molecular formula is C11H15ClN2O4S. The van der Waals surface area contributed by atoms with Crippen molar-refractivity contribution in [2.75, 3.05) is 18.5 Å². The van der Waals surface area contributed by atoms with Gasteiger partial charge in [0.05, 0.1) is 15.6 Å². The van der Waals surface area contributed by atoms with Gasteiger partial charge in [-0.3, -0.25) is 4.79 Å². The first-order valence-electron chi connectivity index (χ1n) is 5.54. The molecule has 0 aliphatic heterocycles. The van der Waals surface area contributed by atoms with E-state index in [0.29, 0.717) is 6.61 Å². The average molecular weight is 307 g/mol. The fourth-order valence-electron chi connectivity index (χ4n) is 1.27. The largest absolute Gasteiger partial charge is 0.372 e. The number of carbonyl (C=O) groups is 1. The molecule has 8 heteroatoms. The van der Waals surface area contributed by atoms with E-state index in [1.54, 1.807) is 0 Å². The van der Waals surface area contributed by atoms with E-state index in [2.05, 4.69) is 5.32 Å². The first kappa shape index (κ1) is 15.9. The molecule has 1 aromatic rings. The molecule has 0 heterocycles. The van der Waals surface area contributed by atoms with E-state index >= 15 is 0 Å². The van der Waals surface area contributed by atoms with Crippen LogP contribution in [0.25, 0.3) is 0 Å². The summed E-state index contributed by atoms with van der Waals surface area (Å²) in [7, 11) is -3.84. The number of halogens is 1. The molecule has 0 fully saturated rings. The van der Waals surface area contributed by atoms with Crippen LogP contribution in [0.4, 0.5) is 5.69 Å². The van der Waals surface area contributed by atoms with Crippen molar-refractivity contribution in [1.29, 1.82) is 0 Å². The first-order chi connectivity index (χ1) is 8.84. The van der Waals surface area contributed by atoms with Crippen LogP contribution in [0.3, 0.4) is 0 Å². The van der Waals surface area contributed by atoms with Gasteiger partial charge >= 0.3 is 0 Å². The molecule has 106 valence electrons. The summed E-state index contributed by atoms with van der Waals surface area (Å²) >= 11 is 5.86. The highest BCUT2D eigenvalue weighted by Gasteiger charge is 2.12. The fourth-order valence-corrected chi connectivity index (χ4v) is 1.98. The SMILES string of the molecule is CCCOCC(=O)Nc1cc(S(N)(=O)=O)ccc1Cl. The standard InChI is InChI=1S/C11H15ClN2O4S/c1-2-5-18-7-11(15)14-10-6-8(19(13,16)17)3-4-9(10)12/h3-4,6H,2,5,7H2,1H3,(H,14,15)(H2,13,16,17). The van der Waals surface area contributed by atoms with E-state index in [9.17, 15) is 13.2 Å². The van der Waals surface area contributed by atoms with Crippen LogP contribution in [-0.2, 0) is 19.6 Å². The monoisotopic (exact) mass is 306 g/mol. The third-order valence-corrected chi connectivity index (χ3v) is 3.36. The van der Waals surface area contributed by atoms with Crippen molar-refractivity contribution in [2.24, 2.45) is 5.14 Å². The summed E-state index contributed by atoms with van der Waals surface area (Å²) in [6, 6.07) is 3.82. The molecule has 1 amide bonds. The summed E-state index contributed by atoms with van der Waals surface area (Å²) in [5.41, 5.74) is 0.179. The zero-order chi connectivity index (χ0) is 14.5. The Kier molecular flexibility index (Phi) is 5.74. The summed E-state index contributed by atoms with van der Waals surface area (Å²) in [5, 5.41) is 7.68. The summed E-state index contributed by atoms with van der Waals surface area (Å²) in [5.74, 6) is -0.415. The van der Waals surface area contributed by atoms with Crippen LogP contribution in [0.2, 0.25) is 5.02 Å². The zero-order valence-electron chi connectivity index (χ0n) is 10.3. The third kappa shape index (κ3) is 5.15. The van der Waals surface area contributed by atoms with Crippen LogP contribution >= 0.6 is 11.6 Å². The molecule has 0 saturated carbocycles. The number of benzene rings is 1. The molecule has 0 aliphatic rings. The lowest BCUT2D eigenvalue weighted by Gasteiger charge is -2.09. The van der Waals surface area contributed by atoms with Gasteiger partial charge in [0.1, 0.15) is 6.61 Å². The number of ether oxygens (including phenoxy) is 1. The Hall–Kier alpha value is -1.15. The number of hydrogen-bond acceptors (Lipinski definition) is 4. The minimum Gasteiger partial charge on any atom is -0.372 e. The van der Waals surface area contributed by atoms with Gasteiger partial charge in [0.15, 0.2) is 0 Å². The van der Waals surface area contributed by atoms with Gasteiger partial charge in [-0.1, -0.05) is 18.5 Å². The van der Waals surface area contributed by atoms with E-state index < -0.39 is 15.9 Å². The molecular weight excluding hydrogens is 292 g/mol. The molecule has 6 nitrogen and oxygen atoms in total. The van der Waals surface area contributed by atoms with Crippen LogP contribution < -0.4 is 10.5 Å². The van der Waals surface area contributed by atoms with Crippen LogP contribution in [0.1, 0.15) is 13.3 Å². The second kappa shape index (κ2) is 6.85. The van der Waals surface area contributed by atoms with Crippen LogP contribution in [0.15, 0.2) is 23.1 Å². The Bertz CT molecular complexity index is 560. The normalized spacial score (nSPS) is 11.3. The Morgan fingerprint density at radius 2 is 2.16 bits per heavy atom. The third-order valence-electron chi connectivity index (χ3n) is 2.12. The van der Waals surface area contributed by atoms with E-state index in [-0.39, 0.29) is 22.2 Å². The van der Waals surface area contributed by atoms with Crippen LogP contribution in [-0.4, -0.2) is 27.5 Å². The van der Waals surface area contributed by atoms with Gasteiger partial charge in [0.25, 0.3) is 0 Å². The summed E-state index contributed by atoms with van der Waals surface area (Å²) in [6.07, 6.45) is 0.801. The van der Waals surface area contributed by atoms with Gasteiger partial charge in [-0.15, -0.1) is 0 Å². The van der Waals surface area contributed by atoms with Crippen molar-refractivity contribution >= 4 is 33.2 Å². The van der Waals surface area contributed by atoms with Crippen molar-refractivity contribution < 1.29 is 17.9 Å². The molecule has 0 aromatic heterocycles. The molecule has 19 heavy (non-hydrogen) atoms. The van der Waals surface area contributed by atoms with Gasteiger partial charge < -0.3 is 10.1 Å². The zero-order valence-corrected chi connectivity index (χ0v) is 11.9. The van der Waals surface area contributed by atoms with Crippen LogP contribution in [0, 0.1) is 0 Å². The number of hydrogen-bond donors (Lipinski definition) is 2. The topological polar surface area (TPSA) is 98.5 Å². The number of nitrogens with two attached hydrogens (primary N) is 1. The molecule has 0 spiro atoms. The maximum Gasteiger partial charge on any atom is 0.250 e. The van der Waals surface area contributed by atoms with Crippen molar-refractivity contribution in [3.05, 3.63) is 23.2 Å². The lowest BCUT2D eigenvalue weighted by atomic mass is 10.3. The van der Waals surface area contributed by atoms with Gasteiger partial charge in [-0.25, -0.2) is 13.6 Å². The first-order valence-corrected chi connectivity index (χ1v) is 7.47. The molecule has 3 N–H and O–H groups in total. The second-order valence-corrected chi connectivity index (χ2v) is 5.76. The Balaban J connectivity index is 2.80. The number of nitrogens with one attached hydrogen (secondary N) is 1. The molecule has 0 aliphatic carbocycles. The van der Waals surface area contributed by atoms with E-state index in [4.69, 9.17) is 21.5 Å². The minimum atomic E-state index is -3.84. The van der Waals surface area contributed by atoms with Gasteiger partial charge in [-0.2, -0.15) is 0 Å². The predicted octanol–water partition coefficient (Wildman–Crippen LogP) is 1.35. The highest BCUT2D eigenvalue weighted by molar-refractivity contribution is 7.89. The number of carbonyl (C=O) groups excluding carboxylic acids is 1. The number of sulfonamides is 1. The second-order valence-electron chi connectivity index (χ2n) is 3.79. The van der Waals surface area contributed by atoms with Gasteiger partial charge in [0, 0.05) is 6.61 Å².